The summed E-state index contributed by atoms with van der Waals surface area (Å²) in [6.45, 7) is 4.87. The summed E-state index contributed by atoms with van der Waals surface area (Å²) in [5.41, 5.74) is 6.88. The number of nitrogens with two attached hydrogens (primary N) is 1. The number of benzene rings is 1. The lowest BCUT2D eigenvalue weighted by Crippen LogP contribution is -2.40. The normalized spacial score (nSPS) is 21.9. The van der Waals surface area contributed by atoms with E-state index in [4.69, 9.17) is 15.6 Å². The third kappa shape index (κ3) is 3.38. The largest absolute Gasteiger partial charge is 0.478 e. The van der Waals surface area contributed by atoms with Gasteiger partial charge in [0.2, 0.25) is 0 Å². The van der Waals surface area contributed by atoms with Crippen LogP contribution in [0.2, 0.25) is 0 Å². The van der Waals surface area contributed by atoms with Crippen molar-refractivity contribution in [3.8, 4) is 0 Å². The van der Waals surface area contributed by atoms with Crippen molar-refractivity contribution in [1.82, 2.24) is 0 Å². The second-order valence-electron chi connectivity index (χ2n) is 5.55. The van der Waals surface area contributed by atoms with Gasteiger partial charge >= 0.3 is 5.97 Å². The number of aromatic carboxylic acids is 1. The van der Waals surface area contributed by atoms with Gasteiger partial charge < -0.3 is 20.9 Å². The molecule has 1 fully saturated rings. The van der Waals surface area contributed by atoms with Crippen LogP contribution in [0, 0.1) is 0 Å². The van der Waals surface area contributed by atoms with E-state index in [-0.39, 0.29) is 16.9 Å². The molecule has 104 valence electrons. The molecule has 0 aliphatic carbocycles. The van der Waals surface area contributed by atoms with Crippen LogP contribution in [0.1, 0.15) is 37.0 Å². The molecule has 4 N–H and O–H groups in total. The van der Waals surface area contributed by atoms with E-state index in [2.05, 4.69) is 19.2 Å². The summed E-state index contributed by atoms with van der Waals surface area (Å²) in [7, 11) is 0. The molecular weight excluding hydrogens is 244 g/mol. The average Bonchev–Trinajstić information content (AvgIpc) is 2.27. The monoisotopic (exact) mass is 264 g/mol. The molecule has 1 unspecified atom stereocenters. The lowest BCUT2D eigenvalue weighted by molar-refractivity contribution is -0.0553. The number of ether oxygens (including phenoxy) is 1. The van der Waals surface area contributed by atoms with E-state index in [9.17, 15) is 4.79 Å². The first-order valence-electron chi connectivity index (χ1n) is 6.41. The van der Waals surface area contributed by atoms with Crippen molar-refractivity contribution < 1.29 is 14.6 Å². The lowest BCUT2D eigenvalue weighted by Gasteiger charge is -2.36. The fraction of sp³-hybridized carbons (Fsp3) is 0.500. The van der Waals surface area contributed by atoms with E-state index in [0.29, 0.717) is 6.04 Å². The van der Waals surface area contributed by atoms with E-state index in [1.807, 2.05) is 0 Å². The fourth-order valence-corrected chi connectivity index (χ4v) is 2.44. The maximum Gasteiger partial charge on any atom is 0.337 e. The molecule has 19 heavy (non-hydrogen) atoms. The van der Waals surface area contributed by atoms with Crippen molar-refractivity contribution in [3.63, 3.8) is 0 Å². The summed E-state index contributed by atoms with van der Waals surface area (Å²) in [6.07, 6.45) is 1.84. The van der Waals surface area contributed by atoms with Gasteiger partial charge in [0.05, 0.1) is 11.2 Å². The maximum atomic E-state index is 10.9. The highest BCUT2D eigenvalue weighted by Crippen LogP contribution is 2.27. The Balaban J connectivity index is 2.07. The van der Waals surface area contributed by atoms with Gasteiger partial charge in [-0.1, -0.05) is 0 Å². The molecular formula is C14H20N2O3. The maximum absolute atomic E-state index is 10.9. The topological polar surface area (TPSA) is 84.6 Å². The molecule has 1 aromatic carbocycles. The number of rotatable bonds is 3. The summed E-state index contributed by atoms with van der Waals surface area (Å²) in [6, 6.07) is 5.28. The Bertz CT molecular complexity index is 486. The van der Waals surface area contributed by atoms with E-state index >= 15 is 0 Å². The Kier molecular flexibility index (Phi) is 3.66. The predicted molar refractivity (Wildman–Crippen MR) is 74.5 cm³/mol. The van der Waals surface area contributed by atoms with Gasteiger partial charge in [-0.05, 0) is 44.9 Å². The molecule has 1 heterocycles. The Morgan fingerprint density at radius 2 is 2.26 bits per heavy atom. The zero-order chi connectivity index (χ0) is 14.0. The summed E-state index contributed by atoms with van der Waals surface area (Å²) < 4.78 is 5.67. The van der Waals surface area contributed by atoms with Crippen molar-refractivity contribution in [1.29, 1.82) is 0 Å². The lowest BCUT2D eigenvalue weighted by atomic mass is 9.93. The molecule has 0 bridgehead atoms. The first-order valence-corrected chi connectivity index (χ1v) is 6.41. The number of nitrogens with one attached hydrogen (secondary N) is 1. The van der Waals surface area contributed by atoms with Crippen LogP contribution in [0.5, 0.6) is 0 Å². The van der Waals surface area contributed by atoms with E-state index in [1.54, 1.807) is 12.1 Å². The molecule has 0 aromatic heterocycles. The van der Waals surface area contributed by atoms with Gasteiger partial charge in [-0.2, -0.15) is 0 Å². The van der Waals surface area contributed by atoms with Gasteiger partial charge in [0, 0.05) is 24.0 Å². The zero-order valence-electron chi connectivity index (χ0n) is 11.3. The highest BCUT2D eigenvalue weighted by atomic mass is 16.5. The van der Waals surface area contributed by atoms with E-state index in [1.165, 1.54) is 6.07 Å². The minimum absolute atomic E-state index is 0.123. The second-order valence-corrected chi connectivity index (χ2v) is 5.55. The summed E-state index contributed by atoms with van der Waals surface area (Å²) in [5, 5.41) is 12.3. The van der Waals surface area contributed by atoms with Crippen molar-refractivity contribution in [3.05, 3.63) is 23.8 Å². The molecule has 1 aliphatic heterocycles. The number of anilines is 2. The molecule has 2 rings (SSSR count). The minimum atomic E-state index is -1.00. The highest BCUT2D eigenvalue weighted by molar-refractivity contribution is 5.94. The smallest absolute Gasteiger partial charge is 0.337 e. The SMILES string of the molecule is CC1(C)CC(Nc2ccc(C(=O)O)c(N)c2)CCO1. The average molecular weight is 264 g/mol. The molecule has 1 aliphatic rings. The van der Waals surface area contributed by atoms with Crippen LogP contribution in [0.15, 0.2) is 18.2 Å². The second kappa shape index (κ2) is 5.09. The van der Waals surface area contributed by atoms with Gasteiger partial charge in [0.25, 0.3) is 0 Å². The van der Waals surface area contributed by atoms with E-state index in [0.717, 1.165) is 25.1 Å². The Labute approximate surface area is 112 Å². The first kappa shape index (κ1) is 13.7. The van der Waals surface area contributed by atoms with Crippen molar-refractivity contribution in [2.45, 2.75) is 38.3 Å². The molecule has 1 saturated heterocycles. The van der Waals surface area contributed by atoms with Crippen molar-refractivity contribution >= 4 is 17.3 Å². The van der Waals surface area contributed by atoms with Gasteiger partial charge in [-0.3, -0.25) is 0 Å². The molecule has 1 aromatic rings. The van der Waals surface area contributed by atoms with Crippen LogP contribution in [0.25, 0.3) is 0 Å². The molecule has 0 amide bonds. The Hall–Kier alpha value is -1.75. The first-order chi connectivity index (χ1) is 8.87. The minimum Gasteiger partial charge on any atom is -0.478 e. The Morgan fingerprint density at radius 1 is 1.53 bits per heavy atom. The predicted octanol–water partition coefficient (Wildman–Crippen LogP) is 2.34. The van der Waals surface area contributed by atoms with Crippen LogP contribution >= 0.6 is 0 Å². The van der Waals surface area contributed by atoms with Gasteiger partial charge in [0.15, 0.2) is 0 Å². The number of hydrogen-bond acceptors (Lipinski definition) is 4. The quantitative estimate of drug-likeness (QED) is 0.730. The number of nitrogen functional groups attached to an aromatic ring is 1. The van der Waals surface area contributed by atoms with Crippen molar-refractivity contribution in [2.75, 3.05) is 17.7 Å². The highest BCUT2D eigenvalue weighted by Gasteiger charge is 2.28. The standard InChI is InChI=1S/C14H20N2O3/c1-14(2)8-10(5-6-19-14)16-9-3-4-11(13(17)18)12(15)7-9/h3-4,7,10,16H,5-6,8,15H2,1-2H3,(H,17,18). The third-order valence-electron chi connectivity index (χ3n) is 3.35. The van der Waals surface area contributed by atoms with Gasteiger partial charge in [0.1, 0.15) is 0 Å². The molecule has 5 nitrogen and oxygen atoms in total. The molecule has 0 spiro atoms. The molecule has 0 saturated carbocycles. The number of hydrogen-bond donors (Lipinski definition) is 3. The van der Waals surface area contributed by atoms with Gasteiger partial charge in [-0.25, -0.2) is 4.79 Å². The molecule has 5 heteroatoms. The Morgan fingerprint density at radius 3 is 2.84 bits per heavy atom. The van der Waals surface area contributed by atoms with Crippen LogP contribution in [-0.4, -0.2) is 29.3 Å². The number of carboxylic acid groups (broad SMARTS) is 1. The zero-order valence-corrected chi connectivity index (χ0v) is 11.3. The fourth-order valence-electron chi connectivity index (χ4n) is 2.44. The number of carbonyl (C=O) groups is 1. The van der Waals surface area contributed by atoms with Crippen LogP contribution in [-0.2, 0) is 4.74 Å². The van der Waals surface area contributed by atoms with Crippen LogP contribution in [0.4, 0.5) is 11.4 Å². The van der Waals surface area contributed by atoms with Crippen LogP contribution in [0.3, 0.4) is 0 Å². The molecule has 1 atom stereocenters. The van der Waals surface area contributed by atoms with Crippen LogP contribution < -0.4 is 11.1 Å². The van der Waals surface area contributed by atoms with Crippen molar-refractivity contribution in [2.24, 2.45) is 0 Å². The molecule has 0 radical (unpaired) electrons. The van der Waals surface area contributed by atoms with E-state index < -0.39 is 5.97 Å². The summed E-state index contributed by atoms with van der Waals surface area (Å²) in [4.78, 5) is 10.9. The number of carboxylic acids is 1. The summed E-state index contributed by atoms with van der Waals surface area (Å²) in [5.74, 6) is -1.00. The van der Waals surface area contributed by atoms with Gasteiger partial charge in [-0.15, -0.1) is 0 Å². The third-order valence-corrected chi connectivity index (χ3v) is 3.35. The summed E-state index contributed by atoms with van der Waals surface area (Å²) >= 11 is 0.